The van der Waals surface area contributed by atoms with Gasteiger partial charge in [-0.3, -0.25) is 4.79 Å². The quantitative estimate of drug-likeness (QED) is 0.556. The number of thioether (sulfide) groups is 1. The van der Waals surface area contributed by atoms with Crippen molar-refractivity contribution in [2.45, 2.75) is 69.9 Å². The van der Waals surface area contributed by atoms with Gasteiger partial charge < -0.3 is 15.0 Å². The number of nitrogens with one attached hydrogen (secondary N) is 1. The third-order valence-corrected chi connectivity index (χ3v) is 9.59. The second-order valence-corrected chi connectivity index (χ2v) is 14.4. The second-order valence-electron chi connectivity index (χ2n) is 11.0. The number of hydrogen-bond donors (Lipinski definition) is 1. The van der Waals surface area contributed by atoms with Crippen LogP contribution in [0, 0.1) is 0 Å². The Hall–Kier alpha value is -2.85. The van der Waals surface area contributed by atoms with Crippen LogP contribution in [-0.4, -0.2) is 60.0 Å². The van der Waals surface area contributed by atoms with Crippen molar-refractivity contribution in [3.8, 4) is 0 Å². The molecule has 38 heavy (non-hydrogen) atoms. The monoisotopic (exact) mass is 557 g/mol. The number of carbonyl (C=O) groups excluding carboxylic acids is 2. The van der Waals surface area contributed by atoms with Crippen molar-refractivity contribution in [1.29, 1.82) is 0 Å². The largest absolute Gasteiger partial charge is 0.444 e. The third kappa shape index (κ3) is 6.96. The highest BCUT2D eigenvalue weighted by Crippen LogP contribution is 2.41. The van der Waals surface area contributed by atoms with Crippen LogP contribution < -0.4 is 10.2 Å². The van der Waals surface area contributed by atoms with Crippen LogP contribution in [0.25, 0.3) is 0 Å². The molecule has 2 amide bonds. The lowest BCUT2D eigenvalue weighted by molar-refractivity contribution is -0.119. The van der Waals surface area contributed by atoms with Gasteiger partial charge in [0, 0.05) is 17.4 Å². The predicted molar refractivity (Wildman–Crippen MR) is 153 cm³/mol. The molecule has 2 aromatic carbocycles. The molecule has 0 bridgehead atoms. The standard InChI is InChI=1S/C28H35N3O5S2/c1-18(2)20-11-13-21(14-12-20)31-23-16-38(34,35)17-24(23)37-26(31)30-25(32)22(15-19-9-7-6-8-10-19)29-27(33)36-28(3,4)5/h6-14,18,22-24H,15-17H2,1-5H3,(H,29,33)/t22-,23+,24-/m1/s1. The Morgan fingerprint density at radius 1 is 1.08 bits per heavy atom. The van der Waals surface area contributed by atoms with Crippen molar-refractivity contribution in [1.82, 2.24) is 5.32 Å². The first-order chi connectivity index (χ1) is 17.8. The van der Waals surface area contributed by atoms with Gasteiger partial charge in [-0.2, -0.15) is 4.99 Å². The lowest BCUT2D eigenvalue weighted by Gasteiger charge is -2.26. The number of rotatable bonds is 6. The molecular formula is C28H35N3O5S2. The van der Waals surface area contributed by atoms with Crippen LogP contribution in [0.3, 0.4) is 0 Å². The van der Waals surface area contributed by atoms with Crippen molar-refractivity contribution in [3.63, 3.8) is 0 Å². The minimum absolute atomic E-state index is 0.00735. The first-order valence-electron chi connectivity index (χ1n) is 12.7. The maximum absolute atomic E-state index is 13.6. The Morgan fingerprint density at radius 3 is 2.34 bits per heavy atom. The molecule has 0 spiro atoms. The molecule has 2 aliphatic rings. The molecule has 1 N–H and O–H groups in total. The Labute approximate surface area is 229 Å². The molecule has 0 aromatic heterocycles. The van der Waals surface area contributed by atoms with E-state index in [2.05, 4.69) is 24.2 Å². The van der Waals surface area contributed by atoms with Gasteiger partial charge >= 0.3 is 6.09 Å². The molecule has 2 saturated heterocycles. The summed E-state index contributed by atoms with van der Waals surface area (Å²) in [6.45, 7) is 9.48. The molecule has 2 aromatic rings. The van der Waals surface area contributed by atoms with Gasteiger partial charge in [0.15, 0.2) is 15.0 Å². The number of sulfone groups is 1. The summed E-state index contributed by atoms with van der Waals surface area (Å²) in [7, 11) is -3.19. The number of benzene rings is 2. The highest BCUT2D eigenvalue weighted by Gasteiger charge is 2.49. The Balaban J connectivity index is 1.65. The first kappa shape index (κ1) is 28.2. The first-order valence-corrected chi connectivity index (χ1v) is 15.4. The molecule has 4 rings (SSSR count). The van der Waals surface area contributed by atoms with Gasteiger partial charge in [0.25, 0.3) is 5.91 Å². The zero-order chi connectivity index (χ0) is 27.7. The van der Waals surface area contributed by atoms with E-state index in [1.807, 2.05) is 59.5 Å². The maximum atomic E-state index is 13.6. The number of carbonyl (C=O) groups is 2. The van der Waals surface area contributed by atoms with Crippen LogP contribution in [0.2, 0.25) is 0 Å². The number of nitrogens with zero attached hydrogens (tertiary/aromatic N) is 2. The van der Waals surface area contributed by atoms with Crippen molar-refractivity contribution in [2.75, 3.05) is 16.4 Å². The number of alkyl carbamates (subject to hydrolysis) is 1. The van der Waals surface area contributed by atoms with Gasteiger partial charge in [0.1, 0.15) is 11.6 Å². The molecule has 8 nitrogen and oxygen atoms in total. The smallest absolute Gasteiger partial charge is 0.408 e. The van der Waals surface area contributed by atoms with Gasteiger partial charge in [0.05, 0.1) is 17.5 Å². The summed E-state index contributed by atoms with van der Waals surface area (Å²) >= 11 is 1.31. The lowest BCUT2D eigenvalue weighted by atomic mass is 10.0. The van der Waals surface area contributed by atoms with Gasteiger partial charge in [-0.05, 0) is 49.9 Å². The molecule has 204 valence electrons. The van der Waals surface area contributed by atoms with E-state index in [1.165, 1.54) is 11.8 Å². The Bertz CT molecular complexity index is 1300. The van der Waals surface area contributed by atoms with E-state index in [4.69, 9.17) is 4.74 Å². The lowest BCUT2D eigenvalue weighted by Crippen LogP contribution is -2.45. The predicted octanol–water partition coefficient (Wildman–Crippen LogP) is 4.55. The summed E-state index contributed by atoms with van der Waals surface area (Å²) in [4.78, 5) is 32.5. The van der Waals surface area contributed by atoms with Crippen molar-refractivity contribution >= 4 is 44.5 Å². The summed E-state index contributed by atoms with van der Waals surface area (Å²) in [5.41, 5.74) is 2.10. The Kier molecular flexibility index (Phi) is 8.23. The van der Waals surface area contributed by atoms with Gasteiger partial charge in [-0.25, -0.2) is 13.2 Å². The van der Waals surface area contributed by atoms with E-state index in [0.717, 1.165) is 16.8 Å². The van der Waals surface area contributed by atoms with E-state index in [-0.39, 0.29) is 29.2 Å². The summed E-state index contributed by atoms with van der Waals surface area (Å²) in [5, 5.41) is 2.92. The fourth-order valence-electron chi connectivity index (χ4n) is 4.56. The molecule has 2 aliphatic heterocycles. The molecule has 2 heterocycles. The molecule has 0 saturated carbocycles. The highest BCUT2D eigenvalue weighted by atomic mass is 32.2. The van der Waals surface area contributed by atoms with Crippen LogP contribution in [0.5, 0.6) is 0 Å². The SMILES string of the molecule is CC(C)c1ccc(N2C(=NC(=O)[C@@H](Cc3ccccc3)NC(=O)OC(C)(C)C)S[C@@H]3CS(=O)(=O)C[C@@H]32)cc1. The van der Waals surface area contributed by atoms with Gasteiger partial charge in [0.2, 0.25) is 0 Å². The van der Waals surface area contributed by atoms with Crippen molar-refractivity contribution < 1.29 is 22.7 Å². The average molecular weight is 558 g/mol. The number of ether oxygens (including phenoxy) is 1. The normalized spacial score (nSPS) is 22.4. The Morgan fingerprint density at radius 2 is 1.74 bits per heavy atom. The van der Waals surface area contributed by atoms with E-state index in [1.54, 1.807) is 20.8 Å². The van der Waals surface area contributed by atoms with E-state index in [9.17, 15) is 18.0 Å². The summed E-state index contributed by atoms with van der Waals surface area (Å²) < 4.78 is 30.3. The fraction of sp³-hybridized carbons (Fsp3) is 0.464. The zero-order valence-electron chi connectivity index (χ0n) is 22.4. The van der Waals surface area contributed by atoms with Crippen LogP contribution in [0.4, 0.5) is 10.5 Å². The molecular weight excluding hydrogens is 522 g/mol. The van der Waals surface area contributed by atoms with Gasteiger partial charge in [-0.15, -0.1) is 0 Å². The second kappa shape index (κ2) is 11.1. The number of anilines is 1. The molecule has 2 fully saturated rings. The highest BCUT2D eigenvalue weighted by molar-refractivity contribution is 8.16. The number of hydrogen-bond acceptors (Lipinski definition) is 6. The van der Waals surface area contributed by atoms with Crippen LogP contribution in [0.15, 0.2) is 59.6 Å². The van der Waals surface area contributed by atoms with Crippen LogP contribution >= 0.6 is 11.8 Å². The molecule has 3 atom stereocenters. The number of fused-ring (bicyclic) bond motifs is 1. The minimum Gasteiger partial charge on any atom is -0.444 e. The van der Waals surface area contributed by atoms with Crippen molar-refractivity contribution in [2.24, 2.45) is 4.99 Å². The zero-order valence-corrected chi connectivity index (χ0v) is 24.0. The summed E-state index contributed by atoms with van der Waals surface area (Å²) in [5.74, 6) is -0.120. The summed E-state index contributed by atoms with van der Waals surface area (Å²) in [6, 6.07) is 16.0. The molecule has 0 aliphatic carbocycles. The molecule has 10 heteroatoms. The summed E-state index contributed by atoms with van der Waals surface area (Å²) in [6.07, 6.45) is -0.458. The number of amides is 2. The van der Waals surface area contributed by atoms with E-state index >= 15 is 0 Å². The number of amidine groups is 1. The average Bonchev–Trinajstić information content (AvgIpc) is 3.28. The van der Waals surface area contributed by atoms with Crippen LogP contribution in [0.1, 0.15) is 51.7 Å². The molecule has 0 unspecified atom stereocenters. The van der Waals surface area contributed by atoms with Crippen LogP contribution in [-0.2, 0) is 25.8 Å². The third-order valence-electron chi connectivity index (χ3n) is 6.38. The topological polar surface area (TPSA) is 105 Å². The minimum atomic E-state index is -3.19. The van der Waals surface area contributed by atoms with E-state index in [0.29, 0.717) is 11.1 Å². The van der Waals surface area contributed by atoms with E-state index < -0.39 is 33.5 Å². The van der Waals surface area contributed by atoms with Crippen molar-refractivity contribution in [3.05, 3.63) is 65.7 Å². The maximum Gasteiger partial charge on any atom is 0.408 e. The molecule has 0 radical (unpaired) electrons. The van der Waals surface area contributed by atoms with Gasteiger partial charge in [-0.1, -0.05) is 68.1 Å². The number of aliphatic imine (C=N–C) groups is 1. The fourth-order valence-corrected chi connectivity index (χ4v) is 8.48.